The molecule has 2 aliphatic rings. The van der Waals surface area contributed by atoms with Crippen molar-refractivity contribution < 1.29 is 26.8 Å². The van der Waals surface area contributed by atoms with Gasteiger partial charge in [0.25, 0.3) is 11.5 Å². The van der Waals surface area contributed by atoms with Crippen molar-refractivity contribution in [3.05, 3.63) is 111 Å². The number of aromatic nitrogens is 1. The number of hydrogen-bond acceptors (Lipinski definition) is 5. The number of aryl methyl sites for hydroxylation is 2. The summed E-state index contributed by atoms with van der Waals surface area (Å²) in [7, 11) is -3.61. The van der Waals surface area contributed by atoms with E-state index < -0.39 is 27.0 Å². The molecule has 4 aromatic rings. The predicted octanol–water partition coefficient (Wildman–Crippen LogP) is 5.40. The number of carbonyl (C=O) groups excluding carboxylic acids is 2. The molecule has 0 radical (unpaired) electrons. The predicted molar refractivity (Wildman–Crippen MR) is 167 cm³/mol. The van der Waals surface area contributed by atoms with Gasteiger partial charge in [0.15, 0.2) is 0 Å². The lowest BCUT2D eigenvalue weighted by atomic mass is 9.87. The number of pyridine rings is 1. The van der Waals surface area contributed by atoms with E-state index in [1.165, 1.54) is 41.0 Å². The Bertz CT molecular complexity index is 1950. The number of amides is 2. The maximum atomic E-state index is 13.8. The van der Waals surface area contributed by atoms with E-state index in [1.54, 1.807) is 24.3 Å². The molecule has 2 aliphatic carbocycles. The van der Waals surface area contributed by atoms with E-state index in [2.05, 4.69) is 10.0 Å². The van der Waals surface area contributed by atoms with Crippen molar-refractivity contribution in [2.24, 2.45) is 0 Å². The van der Waals surface area contributed by atoms with Gasteiger partial charge >= 0.3 is 0 Å². The summed E-state index contributed by atoms with van der Waals surface area (Å²) < 4.78 is 55.2. The van der Waals surface area contributed by atoms with Gasteiger partial charge in [-0.15, -0.1) is 0 Å². The monoisotopic (exact) mass is 633 g/mol. The third-order valence-electron chi connectivity index (χ3n) is 8.47. The maximum Gasteiger partial charge on any atom is 0.263 e. The summed E-state index contributed by atoms with van der Waals surface area (Å²) in [5.74, 6) is -1.61. The fraction of sp³-hybridized carbons (Fsp3) is 0.324. The normalized spacial score (nSPS) is 16.3. The summed E-state index contributed by atoms with van der Waals surface area (Å²) in [4.78, 5) is 39.4. The zero-order chi connectivity index (χ0) is 31.7. The number of unbranched alkanes of at least 4 members (excludes halogenated alkanes) is 1. The number of carbonyl (C=O) groups is 2. The Labute approximate surface area is 259 Å². The first-order valence-electron chi connectivity index (χ1n) is 15.2. The number of halogens is 2. The second-order valence-electron chi connectivity index (χ2n) is 11.8. The first-order chi connectivity index (χ1) is 21.6. The van der Waals surface area contributed by atoms with E-state index in [4.69, 9.17) is 0 Å². The molecule has 1 heterocycles. The molecule has 1 aromatic heterocycles. The Hall–Kier alpha value is -4.38. The number of rotatable bonds is 10. The SMILES string of the molecule is O=C(CCCCc1cc2cc(C(=O)NC3CCCc4cc(F)ccc43)ccc2c(=O)n1-c1ccc(F)cc1)NS(=O)(=O)C1CC1. The third-order valence-corrected chi connectivity index (χ3v) is 10.3. The van der Waals surface area contributed by atoms with E-state index in [0.29, 0.717) is 59.8 Å². The largest absolute Gasteiger partial charge is 0.345 e. The van der Waals surface area contributed by atoms with Crippen molar-refractivity contribution in [1.82, 2.24) is 14.6 Å². The molecule has 0 aliphatic heterocycles. The van der Waals surface area contributed by atoms with Gasteiger partial charge in [0.2, 0.25) is 15.9 Å². The number of hydrogen-bond donors (Lipinski definition) is 2. The van der Waals surface area contributed by atoms with Gasteiger partial charge < -0.3 is 5.32 Å². The standard InChI is InChI=1S/C34H33F2N3O5S/c35-24-9-12-26(13-10-24)39-27(5-1-2-7-32(40)38-45(43,44)28-14-15-28)20-23-18-22(8-16-30(23)34(39)42)33(41)37-31-6-3-4-21-19-25(36)11-17-29(21)31/h8-13,16-20,28,31H,1-7,14-15H2,(H,37,41)(H,38,40). The highest BCUT2D eigenvalue weighted by Crippen LogP contribution is 2.31. The van der Waals surface area contributed by atoms with Crippen LogP contribution in [0.2, 0.25) is 0 Å². The summed E-state index contributed by atoms with van der Waals surface area (Å²) in [6.07, 6.45) is 4.68. The fourth-order valence-electron chi connectivity index (χ4n) is 6.01. The van der Waals surface area contributed by atoms with Gasteiger partial charge in [0, 0.05) is 28.8 Å². The van der Waals surface area contributed by atoms with Crippen LogP contribution in [0.15, 0.2) is 71.5 Å². The molecule has 0 spiro atoms. The molecule has 1 unspecified atom stereocenters. The molecule has 0 saturated heterocycles. The van der Waals surface area contributed by atoms with Crippen LogP contribution in [0, 0.1) is 11.6 Å². The topological polar surface area (TPSA) is 114 Å². The average Bonchev–Trinajstić information content (AvgIpc) is 3.86. The van der Waals surface area contributed by atoms with Crippen LogP contribution in [-0.2, 0) is 27.7 Å². The Balaban J connectivity index is 1.24. The van der Waals surface area contributed by atoms with Gasteiger partial charge in [-0.1, -0.05) is 6.07 Å². The Morgan fingerprint density at radius 1 is 0.889 bits per heavy atom. The van der Waals surface area contributed by atoms with E-state index in [-0.39, 0.29) is 29.7 Å². The lowest BCUT2D eigenvalue weighted by Crippen LogP contribution is -2.33. The molecule has 2 amide bonds. The van der Waals surface area contributed by atoms with Gasteiger partial charge in [-0.3, -0.25) is 23.7 Å². The number of benzene rings is 3. The molecule has 1 atom stereocenters. The van der Waals surface area contributed by atoms with E-state index in [0.717, 1.165) is 30.4 Å². The number of nitrogens with zero attached hydrogens (tertiary/aromatic N) is 1. The van der Waals surface area contributed by atoms with E-state index in [1.807, 2.05) is 6.07 Å². The molecule has 1 saturated carbocycles. The Morgan fingerprint density at radius 3 is 2.40 bits per heavy atom. The first kappa shape index (κ1) is 30.6. The van der Waals surface area contributed by atoms with Crippen LogP contribution in [0.5, 0.6) is 0 Å². The highest BCUT2D eigenvalue weighted by Gasteiger charge is 2.36. The second-order valence-corrected chi connectivity index (χ2v) is 13.8. The molecule has 3 aromatic carbocycles. The fourth-order valence-corrected chi connectivity index (χ4v) is 7.35. The van der Waals surface area contributed by atoms with Gasteiger partial charge in [-0.05, 0) is 129 Å². The van der Waals surface area contributed by atoms with Crippen LogP contribution in [0.3, 0.4) is 0 Å². The molecule has 234 valence electrons. The quantitative estimate of drug-likeness (QED) is 0.227. The van der Waals surface area contributed by atoms with Crippen LogP contribution < -0.4 is 15.6 Å². The van der Waals surface area contributed by atoms with Crippen LogP contribution in [-0.4, -0.2) is 30.0 Å². The van der Waals surface area contributed by atoms with Crippen LogP contribution in [0.25, 0.3) is 16.5 Å². The van der Waals surface area contributed by atoms with Crippen LogP contribution >= 0.6 is 0 Å². The highest BCUT2D eigenvalue weighted by molar-refractivity contribution is 7.90. The molecule has 0 bridgehead atoms. The highest BCUT2D eigenvalue weighted by atomic mass is 32.2. The Kier molecular flexibility index (Phi) is 8.54. The van der Waals surface area contributed by atoms with Crippen molar-refractivity contribution >= 4 is 32.6 Å². The Morgan fingerprint density at radius 2 is 1.64 bits per heavy atom. The number of sulfonamides is 1. The number of fused-ring (bicyclic) bond motifs is 2. The van der Waals surface area contributed by atoms with Gasteiger partial charge in [0.05, 0.1) is 11.3 Å². The molecule has 11 heteroatoms. The third kappa shape index (κ3) is 6.83. The zero-order valence-electron chi connectivity index (χ0n) is 24.5. The molecular formula is C34H33F2N3O5S. The minimum atomic E-state index is -3.61. The van der Waals surface area contributed by atoms with Gasteiger partial charge in [0.1, 0.15) is 11.6 Å². The smallest absolute Gasteiger partial charge is 0.263 e. The summed E-state index contributed by atoms with van der Waals surface area (Å²) in [5, 5.41) is 3.51. The molecule has 6 rings (SSSR count). The summed E-state index contributed by atoms with van der Waals surface area (Å²) in [5.41, 5.74) is 2.90. The molecular weight excluding hydrogens is 600 g/mol. The average molecular weight is 634 g/mol. The molecule has 2 N–H and O–H groups in total. The van der Waals surface area contributed by atoms with E-state index in [9.17, 15) is 31.6 Å². The second kappa shape index (κ2) is 12.5. The first-order valence-corrected chi connectivity index (χ1v) is 16.7. The lowest BCUT2D eigenvalue weighted by molar-refractivity contribution is -0.119. The van der Waals surface area contributed by atoms with E-state index >= 15 is 0 Å². The minimum Gasteiger partial charge on any atom is -0.345 e. The van der Waals surface area contributed by atoms with Crippen molar-refractivity contribution in [2.45, 2.75) is 69.1 Å². The van der Waals surface area contributed by atoms with Gasteiger partial charge in [-0.25, -0.2) is 17.2 Å². The zero-order valence-corrected chi connectivity index (χ0v) is 25.3. The number of nitrogens with one attached hydrogen (secondary N) is 2. The summed E-state index contributed by atoms with van der Waals surface area (Å²) in [6, 6.07) is 16.6. The molecule has 45 heavy (non-hydrogen) atoms. The van der Waals surface area contributed by atoms with Crippen LogP contribution in [0.1, 0.15) is 78.2 Å². The molecule has 8 nitrogen and oxygen atoms in total. The van der Waals surface area contributed by atoms with Crippen molar-refractivity contribution in [3.63, 3.8) is 0 Å². The van der Waals surface area contributed by atoms with Crippen molar-refractivity contribution in [2.75, 3.05) is 0 Å². The minimum absolute atomic E-state index is 0.0154. The lowest BCUT2D eigenvalue weighted by Gasteiger charge is -2.26. The van der Waals surface area contributed by atoms with Crippen molar-refractivity contribution in [3.8, 4) is 5.69 Å². The van der Waals surface area contributed by atoms with Gasteiger partial charge in [-0.2, -0.15) is 0 Å². The summed E-state index contributed by atoms with van der Waals surface area (Å²) in [6.45, 7) is 0. The molecule has 1 fully saturated rings. The summed E-state index contributed by atoms with van der Waals surface area (Å²) >= 11 is 0. The maximum absolute atomic E-state index is 13.8. The van der Waals surface area contributed by atoms with Crippen LogP contribution in [0.4, 0.5) is 8.78 Å². The van der Waals surface area contributed by atoms with Crippen molar-refractivity contribution in [1.29, 1.82) is 0 Å².